The van der Waals surface area contributed by atoms with Crippen LogP contribution in [0.1, 0.15) is 35.6 Å². The van der Waals surface area contributed by atoms with Gasteiger partial charge >= 0.3 is 0 Å². The van der Waals surface area contributed by atoms with Gasteiger partial charge in [0, 0.05) is 24.8 Å². The van der Waals surface area contributed by atoms with Crippen LogP contribution < -0.4 is 5.32 Å². The molecule has 134 valence electrons. The summed E-state index contributed by atoms with van der Waals surface area (Å²) in [5.74, 6) is -0.0572. The minimum atomic E-state index is -0.268. The summed E-state index contributed by atoms with van der Waals surface area (Å²) in [5.41, 5.74) is 2.71. The summed E-state index contributed by atoms with van der Waals surface area (Å²) in [5, 5.41) is 6.77. The molecule has 1 heterocycles. The van der Waals surface area contributed by atoms with Gasteiger partial charge in [0.1, 0.15) is 5.69 Å². The van der Waals surface area contributed by atoms with Crippen LogP contribution in [-0.2, 0) is 4.74 Å². The molecule has 1 N–H and O–H groups in total. The van der Waals surface area contributed by atoms with Crippen molar-refractivity contribution in [2.24, 2.45) is 0 Å². The summed E-state index contributed by atoms with van der Waals surface area (Å²) in [6, 6.07) is 21.3. The molecule has 5 nitrogen and oxygen atoms in total. The van der Waals surface area contributed by atoms with E-state index in [0.29, 0.717) is 18.8 Å². The Balaban J connectivity index is 1.40. The Labute approximate surface area is 153 Å². The molecular weight excluding hydrogens is 328 g/mol. The molecule has 1 unspecified atom stereocenters. The van der Waals surface area contributed by atoms with Crippen molar-refractivity contribution in [3.05, 3.63) is 78.1 Å². The fourth-order valence-electron chi connectivity index (χ4n) is 2.57. The second kappa shape index (κ2) is 8.97. The van der Waals surface area contributed by atoms with Gasteiger partial charge in [-0.1, -0.05) is 65.8 Å². The van der Waals surface area contributed by atoms with Gasteiger partial charge in [0.2, 0.25) is 5.76 Å². The zero-order chi connectivity index (χ0) is 18.2. The molecular formula is C21H22N2O3. The van der Waals surface area contributed by atoms with Crippen LogP contribution in [0.25, 0.3) is 11.3 Å². The van der Waals surface area contributed by atoms with Crippen molar-refractivity contribution in [1.82, 2.24) is 10.5 Å². The van der Waals surface area contributed by atoms with Gasteiger partial charge in [-0.3, -0.25) is 4.79 Å². The molecule has 1 amide bonds. The number of carbonyl (C=O) groups excluding carboxylic acids is 1. The summed E-state index contributed by atoms with van der Waals surface area (Å²) in [6.07, 6.45) is 0.761. The monoisotopic (exact) mass is 350 g/mol. The first kappa shape index (κ1) is 17.9. The lowest BCUT2D eigenvalue weighted by molar-refractivity contribution is 0.0633. The second-order valence-electron chi connectivity index (χ2n) is 5.98. The molecule has 0 bridgehead atoms. The average molecular weight is 350 g/mol. The lowest BCUT2D eigenvalue weighted by atomic mass is 10.1. The van der Waals surface area contributed by atoms with Gasteiger partial charge in [-0.25, -0.2) is 0 Å². The number of ether oxygens (including phenoxy) is 1. The molecule has 0 saturated carbocycles. The molecule has 0 aliphatic carbocycles. The topological polar surface area (TPSA) is 64.4 Å². The van der Waals surface area contributed by atoms with E-state index in [2.05, 4.69) is 10.5 Å². The molecule has 0 spiro atoms. The lowest BCUT2D eigenvalue weighted by Gasteiger charge is -2.13. The number of hydrogen-bond acceptors (Lipinski definition) is 4. The van der Waals surface area contributed by atoms with E-state index in [-0.39, 0.29) is 17.8 Å². The summed E-state index contributed by atoms with van der Waals surface area (Å²) >= 11 is 0. The average Bonchev–Trinajstić information content (AvgIpc) is 3.19. The Morgan fingerprint density at radius 3 is 2.54 bits per heavy atom. The molecule has 0 saturated heterocycles. The molecule has 5 heteroatoms. The minimum Gasteiger partial charge on any atom is -0.374 e. The molecule has 26 heavy (non-hydrogen) atoms. The van der Waals surface area contributed by atoms with Crippen LogP contribution in [0.3, 0.4) is 0 Å². The highest BCUT2D eigenvalue weighted by molar-refractivity contribution is 5.92. The summed E-state index contributed by atoms with van der Waals surface area (Å²) in [6.45, 7) is 3.11. The van der Waals surface area contributed by atoms with E-state index in [1.165, 1.54) is 0 Å². The van der Waals surface area contributed by atoms with Crippen LogP contribution >= 0.6 is 0 Å². The third kappa shape index (κ3) is 4.80. The van der Waals surface area contributed by atoms with Crippen molar-refractivity contribution in [2.75, 3.05) is 13.2 Å². The van der Waals surface area contributed by atoms with Crippen molar-refractivity contribution >= 4 is 5.91 Å². The molecule has 0 aliphatic heterocycles. The Kier molecular flexibility index (Phi) is 6.17. The smallest absolute Gasteiger partial charge is 0.289 e. The number of rotatable bonds is 8. The Hall–Kier alpha value is -2.92. The fourth-order valence-corrected chi connectivity index (χ4v) is 2.57. The van der Waals surface area contributed by atoms with E-state index in [4.69, 9.17) is 9.26 Å². The maximum absolute atomic E-state index is 12.1. The second-order valence-corrected chi connectivity index (χ2v) is 5.98. The largest absolute Gasteiger partial charge is 0.374 e. The predicted molar refractivity (Wildman–Crippen MR) is 99.7 cm³/mol. The normalized spacial score (nSPS) is 11.9. The molecule has 2 aromatic carbocycles. The number of carbonyl (C=O) groups is 1. The van der Waals surface area contributed by atoms with Crippen LogP contribution in [-0.4, -0.2) is 24.2 Å². The number of aromatic nitrogens is 1. The van der Waals surface area contributed by atoms with E-state index in [0.717, 1.165) is 17.5 Å². The highest BCUT2D eigenvalue weighted by atomic mass is 16.5. The summed E-state index contributed by atoms with van der Waals surface area (Å²) in [4.78, 5) is 12.1. The van der Waals surface area contributed by atoms with E-state index in [1.807, 2.05) is 67.6 Å². The molecule has 1 atom stereocenters. The van der Waals surface area contributed by atoms with Crippen LogP contribution in [0, 0.1) is 0 Å². The van der Waals surface area contributed by atoms with Crippen molar-refractivity contribution < 1.29 is 14.1 Å². The first-order valence-corrected chi connectivity index (χ1v) is 8.71. The SMILES string of the molecule is CC(OCCCNC(=O)c1cc(-c2ccccc2)no1)c1ccccc1. The number of benzene rings is 2. The van der Waals surface area contributed by atoms with Crippen molar-refractivity contribution in [1.29, 1.82) is 0 Å². The summed E-state index contributed by atoms with van der Waals surface area (Å²) < 4.78 is 10.9. The standard InChI is InChI=1S/C21H22N2O3/c1-16(17-9-4-2-5-10-17)25-14-8-13-22-21(24)20-15-19(23-26-20)18-11-6-3-7-12-18/h2-7,9-12,15-16H,8,13-14H2,1H3,(H,22,24). The molecule has 3 rings (SSSR count). The van der Waals surface area contributed by atoms with Crippen LogP contribution in [0.4, 0.5) is 0 Å². The van der Waals surface area contributed by atoms with Crippen molar-refractivity contribution in [2.45, 2.75) is 19.4 Å². The van der Waals surface area contributed by atoms with Gasteiger partial charge in [0.05, 0.1) is 6.10 Å². The highest BCUT2D eigenvalue weighted by Crippen LogP contribution is 2.18. The van der Waals surface area contributed by atoms with Gasteiger partial charge in [0.15, 0.2) is 0 Å². The number of amides is 1. The zero-order valence-electron chi connectivity index (χ0n) is 14.7. The maximum atomic E-state index is 12.1. The number of hydrogen-bond donors (Lipinski definition) is 1. The fraction of sp³-hybridized carbons (Fsp3) is 0.238. The van der Waals surface area contributed by atoms with Gasteiger partial charge in [-0.2, -0.15) is 0 Å². The highest BCUT2D eigenvalue weighted by Gasteiger charge is 2.13. The summed E-state index contributed by atoms with van der Waals surface area (Å²) in [7, 11) is 0. The molecule has 0 radical (unpaired) electrons. The molecule has 3 aromatic rings. The van der Waals surface area contributed by atoms with Gasteiger partial charge in [-0.05, 0) is 18.9 Å². The first-order chi connectivity index (χ1) is 12.7. The van der Waals surface area contributed by atoms with Gasteiger partial charge < -0.3 is 14.6 Å². The number of nitrogens with one attached hydrogen (secondary N) is 1. The first-order valence-electron chi connectivity index (χ1n) is 8.71. The van der Waals surface area contributed by atoms with Crippen LogP contribution in [0.2, 0.25) is 0 Å². The van der Waals surface area contributed by atoms with Gasteiger partial charge in [0.25, 0.3) is 5.91 Å². The van der Waals surface area contributed by atoms with Crippen LogP contribution in [0.15, 0.2) is 71.3 Å². The quantitative estimate of drug-likeness (QED) is 0.617. The van der Waals surface area contributed by atoms with Gasteiger partial charge in [-0.15, -0.1) is 0 Å². The third-order valence-electron chi connectivity index (χ3n) is 4.05. The van der Waals surface area contributed by atoms with E-state index in [1.54, 1.807) is 6.07 Å². The van der Waals surface area contributed by atoms with Crippen molar-refractivity contribution in [3.8, 4) is 11.3 Å². The van der Waals surface area contributed by atoms with E-state index < -0.39 is 0 Å². The predicted octanol–water partition coefficient (Wildman–Crippen LogP) is 4.24. The lowest BCUT2D eigenvalue weighted by Crippen LogP contribution is -2.25. The van der Waals surface area contributed by atoms with E-state index >= 15 is 0 Å². The minimum absolute atomic E-state index is 0.0367. The maximum Gasteiger partial charge on any atom is 0.289 e. The zero-order valence-corrected chi connectivity index (χ0v) is 14.7. The van der Waals surface area contributed by atoms with Crippen molar-refractivity contribution in [3.63, 3.8) is 0 Å². The van der Waals surface area contributed by atoms with E-state index in [9.17, 15) is 4.79 Å². The Bertz CT molecular complexity index is 816. The third-order valence-corrected chi connectivity index (χ3v) is 4.05. The molecule has 0 aliphatic rings. The Morgan fingerprint density at radius 1 is 1.12 bits per heavy atom. The van der Waals surface area contributed by atoms with Crippen LogP contribution in [0.5, 0.6) is 0 Å². The number of nitrogens with zero attached hydrogens (tertiary/aromatic N) is 1. The molecule has 0 fully saturated rings. The Morgan fingerprint density at radius 2 is 1.81 bits per heavy atom. The molecule has 1 aromatic heterocycles.